The van der Waals surface area contributed by atoms with Crippen molar-refractivity contribution in [2.45, 2.75) is 36.7 Å². The first-order chi connectivity index (χ1) is 10.2. The predicted octanol–water partition coefficient (Wildman–Crippen LogP) is 5.10. The molecule has 3 rings (SSSR count). The third-order valence-electron chi connectivity index (χ3n) is 3.88. The Morgan fingerprint density at radius 3 is 2.86 bits per heavy atom. The van der Waals surface area contributed by atoms with Gasteiger partial charge in [-0.1, -0.05) is 41.9 Å². The molecule has 2 aromatic rings. The van der Waals surface area contributed by atoms with Crippen molar-refractivity contribution in [1.82, 2.24) is 5.32 Å². The molecular weight excluding hydrogens is 298 g/mol. The second-order valence-electron chi connectivity index (χ2n) is 5.63. The molecule has 0 aliphatic carbocycles. The van der Waals surface area contributed by atoms with Gasteiger partial charge in [-0.3, -0.25) is 0 Å². The Balaban J connectivity index is 1.70. The second kappa shape index (κ2) is 6.87. The van der Waals surface area contributed by atoms with Crippen LogP contribution in [0.4, 0.5) is 0 Å². The van der Waals surface area contributed by atoms with Crippen molar-refractivity contribution in [3.63, 3.8) is 0 Å². The molecule has 110 valence electrons. The van der Waals surface area contributed by atoms with Gasteiger partial charge < -0.3 is 5.32 Å². The Bertz CT molecular complexity index is 599. The van der Waals surface area contributed by atoms with E-state index in [2.05, 4.69) is 54.7 Å². The maximum absolute atomic E-state index is 6.17. The highest BCUT2D eigenvalue weighted by Gasteiger charge is 2.22. The maximum atomic E-state index is 6.17. The molecule has 0 fully saturated rings. The smallest absolute Gasteiger partial charge is 0.0410 e. The predicted molar refractivity (Wildman–Crippen MR) is 92.3 cm³/mol. The zero-order chi connectivity index (χ0) is 14.7. The van der Waals surface area contributed by atoms with Gasteiger partial charge in [-0.2, -0.15) is 0 Å². The largest absolute Gasteiger partial charge is 0.307 e. The fourth-order valence-corrected chi connectivity index (χ4v) is 4.19. The number of hydrogen-bond donors (Lipinski definition) is 1. The fraction of sp³-hybridized carbons (Fsp3) is 0.333. The Morgan fingerprint density at radius 1 is 1.24 bits per heavy atom. The molecule has 2 aromatic carbocycles. The van der Waals surface area contributed by atoms with Crippen molar-refractivity contribution in [2.75, 3.05) is 5.75 Å². The number of fused-ring (bicyclic) bond motifs is 1. The van der Waals surface area contributed by atoms with Crippen molar-refractivity contribution in [3.8, 4) is 0 Å². The molecule has 2 atom stereocenters. The van der Waals surface area contributed by atoms with Gasteiger partial charge >= 0.3 is 0 Å². The molecule has 2 unspecified atom stereocenters. The molecule has 0 bridgehead atoms. The molecule has 1 nitrogen and oxygen atoms in total. The summed E-state index contributed by atoms with van der Waals surface area (Å²) in [7, 11) is 0. The van der Waals surface area contributed by atoms with E-state index in [-0.39, 0.29) is 0 Å². The van der Waals surface area contributed by atoms with Gasteiger partial charge in [0.15, 0.2) is 0 Å². The summed E-state index contributed by atoms with van der Waals surface area (Å²) < 4.78 is 0. The summed E-state index contributed by atoms with van der Waals surface area (Å²) in [5.41, 5.74) is 2.74. The first kappa shape index (κ1) is 15.0. The van der Waals surface area contributed by atoms with E-state index in [1.165, 1.54) is 21.8 Å². The van der Waals surface area contributed by atoms with E-state index in [0.29, 0.717) is 12.1 Å². The highest BCUT2D eigenvalue weighted by atomic mass is 35.5. The monoisotopic (exact) mass is 317 g/mol. The van der Waals surface area contributed by atoms with Crippen LogP contribution in [-0.2, 0) is 6.42 Å². The SMILES string of the molecule is CC(Cc1ccccc1)NC1CCSc2ccc(Cl)cc21. The summed E-state index contributed by atoms with van der Waals surface area (Å²) in [6.45, 7) is 2.26. The molecule has 1 aliphatic heterocycles. The van der Waals surface area contributed by atoms with Gasteiger partial charge in [-0.15, -0.1) is 11.8 Å². The van der Waals surface area contributed by atoms with E-state index >= 15 is 0 Å². The molecule has 21 heavy (non-hydrogen) atoms. The van der Waals surface area contributed by atoms with Gasteiger partial charge in [0.2, 0.25) is 0 Å². The van der Waals surface area contributed by atoms with Gasteiger partial charge in [-0.25, -0.2) is 0 Å². The van der Waals surface area contributed by atoms with Crippen LogP contribution in [-0.4, -0.2) is 11.8 Å². The van der Waals surface area contributed by atoms with E-state index in [0.717, 1.165) is 17.9 Å². The van der Waals surface area contributed by atoms with E-state index in [4.69, 9.17) is 11.6 Å². The summed E-state index contributed by atoms with van der Waals surface area (Å²) in [5.74, 6) is 1.17. The van der Waals surface area contributed by atoms with Crippen molar-refractivity contribution >= 4 is 23.4 Å². The Labute approximate surface area is 136 Å². The van der Waals surface area contributed by atoms with Crippen LogP contribution in [0.25, 0.3) is 0 Å². The first-order valence-corrected chi connectivity index (χ1v) is 8.81. The lowest BCUT2D eigenvalue weighted by Gasteiger charge is -2.29. The van der Waals surface area contributed by atoms with Crippen molar-refractivity contribution in [3.05, 3.63) is 64.7 Å². The standard InChI is InChI=1S/C18H20ClNS/c1-13(11-14-5-3-2-4-6-14)20-17-9-10-21-18-8-7-15(19)12-16(17)18/h2-8,12-13,17,20H,9-11H2,1H3. The number of halogens is 1. The molecule has 1 heterocycles. The fourth-order valence-electron chi connectivity index (χ4n) is 2.91. The van der Waals surface area contributed by atoms with Crippen LogP contribution in [0, 0.1) is 0 Å². The van der Waals surface area contributed by atoms with Crippen molar-refractivity contribution in [2.24, 2.45) is 0 Å². The minimum absolute atomic E-state index is 0.415. The van der Waals surface area contributed by atoms with Gasteiger partial charge in [0.25, 0.3) is 0 Å². The number of rotatable bonds is 4. The first-order valence-electron chi connectivity index (χ1n) is 7.44. The zero-order valence-corrected chi connectivity index (χ0v) is 13.8. The summed E-state index contributed by atoms with van der Waals surface area (Å²) in [4.78, 5) is 1.37. The zero-order valence-electron chi connectivity index (χ0n) is 12.2. The van der Waals surface area contributed by atoms with Crippen LogP contribution in [0.2, 0.25) is 5.02 Å². The second-order valence-corrected chi connectivity index (χ2v) is 7.20. The normalized spacial score (nSPS) is 19.0. The third-order valence-corrected chi connectivity index (χ3v) is 5.24. The lowest BCUT2D eigenvalue weighted by atomic mass is 10.0. The van der Waals surface area contributed by atoms with Crippen LogP contribution in [0.1, 0.15) is 30.5 Å². The quantitative estimate of drug-likeness (QED) is 0.842. The highest BCUT2D eigenvalue weighted by Crippen LogP contribution is 2.37. The van der Waals surface area contributed by atoms with E-state index in [1.54, 1.807) is 0 Å². The van der Waals surface area contributed by atoms with Crippen molar-refractivity contribution in [1.29, 1.82) is 0 Å². The summed E-state index contributed by atoms with van der Waals surface area (Å²) in [6, 6.07) is 17.8. The lowest BCUT2D eigenvalue weighted by Crippen LogP contribution is -2.33. The van der Waals surface area contributed by atoms with Crippen LogP contribution >= 0.6 is 23.4 Å². The van der Waals surface area contributed by atoms with E-state index < -0.39 is 0 Å². The van der Waals surface area contributed by atoms with Crippen LogP contribution < -0.4 is 5.32 Å². The van der Waals surface area contributed by atoms with Gasteiger partial charge in [0.1, 0.15) is 0 Å². The summed E-state index contributed by atoms with van der Waals surface area (Å²) in [5, 5.41) is 4.61. The van der Waals surface area contributed by atoms with Crippen molar-refractivity contribution < 1.29 is 0 Å². The molecule has 1 N–H and O–H groups in total. The minimum Gasteiger partial charge on any atom is -0.307 e. The van der Waals surface area contributed by atoms with E-state index in [9.17, 15) is 0 Å². The molecule has 1 aliphatic rings. The molecule has 0 saturated heterocycles. The van der Waals surface area contributed by atoms with Gasteiger partial charge in [0.05, 0.1) is 0 Å². The van der Waals surface area contributed by atoms with Gasteiger partial charge in [-0.05, 0) is 54.8 Å². The van der Waals surface area contributed by atoms with Gasteiger partial charge in [0, 0.05) is 22.0 Å². The summed E-state index contributed by atoms with van der Waals surface area (Å²) in [6.07, 6.45) is 2.22. The van der Waals surface area contributed by atoms with E-state index in [1.807, 2.05) is 17.8 Å². The topological polar surface area (TPSA) is 12.0 Å². The maximum Gasteiger partial charge on any atom is 0.0410 e. The molecule has 0 amide bonds. The molecule has 0 spiro atoms. The molecular formula is C18H20ClNS. The number of hydrogen-bond acceptors (Lipinski definition) is 2. The molecule has 3 heteroatoms. The number of thioether (sulfide) groups is 1. The summed E-state index contributed by atoms with van der Waals surface area (Å²) >= 11 is 8.10. The van der Waals surface area contributed by atoms with Crippen LogP contribution in [0.5, 0.6) is 0 Å². The highest BCUT2D eigenvalue weighted by molar-refractivity contribution is 7.99. The Hall–Kier alpha value is -0.960. The van der Waals surface area contributed by atoms with Crippen LogP contribution in [0.15, 0.2) is 53.4 Å². The number of benzene rings is 2. The third kappa shape index (κ3) is 3.82. The van der Waals surface area contributed by atoms with Crippen LogP contribution in [0.3, 0.4) is 0 Å². The molecule has 0 saturated carbocycles. The molecule has 0 radical (unpaired) electrons. The Kier molecular flexibility index (Phi) is 4.89. The minimum atomic E-state index is 0.415. The lowest BCUT2D eigenvalue weighted by molar-refractivity contribution is 0.438. The average molecular weight is 318 g/mol. The Morgan fingerprint density at radius 2 is 2.05 bits per heavy atom. The average Bonchev–Trinajstić information content (AvgIpc) is 2.49. The number of nitrogens with one attached hydrogen (secondary N) is 1. The molecule has 0 aromatic heterocycles.